The zero-order valence-corrected chi connectivity index (χ0v) is 9.89. The topological polar surface area (TPSA) is 53.2 Å². The van der Waals surface area contributed by atoms with Crippen LogP contribution in [0.3, 0.4) is 0 Å². The van der Waals surface area contributed by atoms with Crippen LogP contribution < -0.4 is 0 Å². The van der Waals surface area contributed by atoms with E-state index in [-0.39, 0.29) is 0 Å². The van der Waals surface area contributed by atoms with E-state index in [1.165, 1.54) is 0 Å². The van der Waals surface area contributed by atoms with Crippen molar-refractivity contribution in [2.24, 2.45) is 4.36 Å². The lowest BCUT2D eigenvalue weighted by atomic mass is 10.2. The molecule has 0 aromatic rings. The van der Waals surface area contributed by atoms with Crippen molar-refractivity contribution in [2.45, 2.75) is 22.0 Å². The van der Waals surface area contributed by atoms with Gasteiger partial charge in [-0.3, -0.25) is 0 Å². The molecule has 0 bridgehead atoms. The van der Waals surface area contributed by atoms with Gasteiger partial charge in [-0.2, -0.15) is 5.26 Å². The Balaban J connectivity index is 3.16. The van der Waals surface area contributed by atoms with Crippen molar-refractivity contribution in [2.75, 3.05) is 12.8 Å². The van der Waals surface area contributed by atoms with Crippen LogP contribution in [0.2, 0.25) is 0 Å². The largest absolute Gasteiger partial charge is 0.248 e. The number of hydrogen-bond donors (Lipinski definition) is 0. The lowest BCUT2D eigenvalue weighted by Gasteiger charge is -2.18. The molecule has 1 aliphatic heterocycles. The van der Waals surface area contributed by atoms with Gasteiger partial charge in [0, 0.05) is 12.8 Å². The summed E-state index contributed by atoms with van der Waals surface area (Å²) in [5.41, 5.74) is 0. The van der Waals surface area contributed by atoms with Crippen molar-refractivity contribution in [3.63, 3.8) is 0 Å². The van der Waals surface area contributed by atoms with Crippen molar-refractivity contribution in [1.29, 1.82) is 5.26 Å². The highest BCUT2D eigenvalue weighted by Gasteiger charge is 2.36. The summed E-state index contributed by atoms with van der Waals surface area (Å²) in [5, 5.41) is 8.91. The van der Waals surface area contributed by atoms with Gasteiger partial charge in [-0.1, -0.05) is 0 Å². The van der Waals surface area contributed by atoms with Crippen LogP contribution in [0.5, 0.6) is 0 Å². The number of rotatable bonds is 0. The molecule has 2 unspecified atom stereocenters. The molecule has 3 nitrogen and oxygen atoms in total. The lowest BCUT2D eigenvalue weighted by molar-refractivity contribution is 0.666. The standard InChI is InChI=1S/C7H11IN2OS/c1-12(11)7(8,6-9)4-2-3-5-10-12/h2-5H2,1H3. The van der Waals surface area contributed by atoms with Gasteiger partial charge in [-0.05, 0) is 41.9 Å². The minimum absolute atomic E-state index is 0.641. The quantitative estimate of drug-likeness (QED) is 0.507. The third-order valence-electron chi connectivity index (χ3n) is 2.01. The van der Waals surface area contributed by atoms with Crippen LogP contribution in [-0.4, -0.2) is 19.8 Å². The fraction of sp³-hybridized carbons (Fsp3) is 0.857. The molecule has 2 atom stereocenters. The number of halogens is 1. The van der Waals surface area contributed by atoms with Gasteiger partial charge < -0.3 is 0 Å². The Morgan fingerprint density at radius 1 is 1.67 bits per heavy atom. The van der Waals surface area contributed by atoms with Gasteiger partial charge >= 0.3 is 0 Å². The average molecular weight is 298 g/mol. The first-order chi connectivity index (χ1) is 5.52. The van der Waals surface area contributed by atoms with E-state index in [2.05, 4.69) is 10.4 Å². The molecule has 1 rings (SSSR count). The zero-order chi connectivity index (χ0) is 9.24. The fourth-order valence-corrected chi connectivity index (χ4v) is 3.31. The minimum atomic E-state index is -2.31. The van der Waals surface area contributed by atoms with E-state index in [0.717, 1.165) is 12.8 Å². The van der Waals surface area contributed by atoms with E-state index in [4.69, 9.17) is 5.26 Å². The predicted molar refractivity (Wildman–Crippen MR) is 57.6 cm³/mol. The predicted octanol–water partition coefficient (Wildman–Crippen LogP) is 1.92. The number of hydrogen-bond acceptors (Lipinski definition) is 3. The lowest BCUT2D eigenvalue weighted by Crippen LogP contribution is -2.27. The Morgan fingerprint density at radius 3 is 2.92 bits per heavy atom. The molecule has 0 aliphatic carbocycles. The second kappa shape index (κ2) is 3.50. The third kappa shape index (κ3) is 1.74. The van der Waals surface area contributed by atoms with Crippen molar-refractivity contribution < 1.29 is 4.21 Å². The highest BCUT2D eigenvalue weighted by molar-refractivity contribution is 14.1. The van der Waals surface area contributed by atoms with Crippen LogP contribution in [0.15, 0.2) is 4.36 Å². The second-order valence-corrected chi connectivity index (χ2v) is 8.09. The van der Waals surface area contributed by atoms with E-state index < -0.39 is 12.5 Å². The smallest absolute Gasteiger partial charge is 0.190 e. The number of nitrogens with zero attached hydrogens (tertiary/aromatic N) is 2. The maximum absolute atomic E-state index is 11.9. The summed E-state index contributed by atoms with van der Waals surface area (Å²) in [5.74, 6) is 0. The normalized spacial score (nSPS) is 42.4. The fourth-order valence-electron chi connectivity index (χ4n) is 1.14. The molecule has 68 valence electrons. The van der Waals surface area contributed by atoms with Crippen LogP contribution >= 0.6 is 22.6 Å². The van der Waals surface area contributed by atoms with Crippen molar-refractivity contribution in [3.05, 3.63) is 0 Å². The van der Waals surface area contributed by atoms with Crippen LogP contribution in [0.1, 0.15) is 19.3 Å². The summed E-state index contributed by atoms with van der Waals surface area (Å²) in [6.07, 6.45) is 4.19. The van der Waals surface area contributed by atoms with Crippen LogP contribution in [0.4, 0.5) is 0 Å². The first-order valence-electron chi connectivity index (χ1n) is 3.79. The Bertz CT molecular complexity index is 327. The van der Waals surface area contributed by atoms with Gasteiger partial charge in [0.25, 0.3) is 0 Å². The minimum Gasteiger partial charge on any atom is -0.248 e. The van der Waals surface area contributed by atoms with E-state index in [1.54, 1.807) is 6.26 Å². The van der Waals surface area contributed by atoms with Crippen LogP contribution in [0.25, 0.3) is 0 Å². The molecule has 1 aliphatic rings. The molecule has 0 saturated carbocycles. The molecule has 0 radical (unpaired) electrons. The molecule has 0 aromatic heterocycles. The summed E-state index contributed by atoms with van der Waals surface area (Å²) in [4.78, 5) is 0. The number of nitriles is 1. The molecular weight excluding hydrogens is 287 g/mol. The van der Waals surface area contributed by atoms with Crippen LogP contribution in [-0.2, 0) is 9.73 Å². The summed E-state index contributed by atoms with van der Waals surface area (Å²) < 4.78 is 15.2. The highest BCUT2D eigenvalue weighted by Crippen LogP contribution is 2.34. The van der Waals surface area contributed by atoms with Crippen molar-refractivity contribution >= 4 is 32.3 Å². The molecule has 5 heteroatoms. The summed E-state index contributed by atoms with van der Waals surface area (Å²) >= 11 is 1.99. The molecule has 0 spiro atoms. The molecule has 0 fully saturated rings. The van der Waals surface area contributed by atoms with Gasteiger partial charge in [0.1, 0.15) is 0 Å². The molecule has 1 heterocycles. The van der Waals surface area contributed by atoms with Crippen LogP contribution in [0, 0.1) is 11.3 Å². The van der Waals surface area contributed by atoms with Crippen molar-refractivity contribution in [3.8, 4) is 6.07 Å². The zero-order valence-electron chi connectivity index (χ0n) is 6.92. The molecule has 12 heavy (non-hydrogen) atoms. The molecule has 0 N–H and O–H groups in total. The van der Waals surface area contributed by atoms with Gasteiger partial charge in [-0.15, -0.1) is 0 Å². The van der Waals surface area contributed by atoms with E-state index >= 15 is 0 Å². The van der Waals surface area contributed by atoms with Crippen molar-refractivity contribution in [1.82, 2.24) is 0 Å². The monoisotopic (exact) mass is 298 g/mol. The Hall–Kier alpha value is 0.170. The molecule has 0 amide bonds. The summed E-state index contributed by atoms with van der Waals surface area (Å²) in [6.45, 7) is 0.641. The Kier molecular flexibility index (Phi) is 2.99. The Labute approximate surface area is 86.9 Å². The summed E-state index contributed by atoms with van der Waals surface area (Å²) in [7, 11) is -2.31. The summed E-state index contributed by atoms with van der Waals surface area (Å²) in [6, 6.07) is 2.13. The molecular formula is C7H11IN2OS. The maximum Gasteiger partial charge on any atom is 0.190 e. The first kappa shape index (κ1) is 10.3. The third-order valence-corrected chi connectivity index (χ3v) is 7.41. The first-order valence-corrected chi connectivity index (χ1v) is 6.80. The maximum atomic E-state index is 11.9. The van der Waals surface area contributed by atoms with Gasteiger partial charge in [-0.25, -0.2) is 8.57 Å². The van der Waals surface area contributed by atoms with E-state index in [0.29, 0.717) is 13.0 Å². The van der Waals surface area contributed by atoms with Gasteiger partial charge in [0.2, 0.25) is 0 Å². The molecule has 0 aromatic carbocycles. The number of alkyl halides is 1. The van der Waals surface area contributed by atoms with Gasteiger partial charge in [0.15, 0.2) is 2.75 Å². The van der Waals surface area contributed by atoms with E-state index in [1.807, 2.05) is 22.6 Å². The molecule has 0 saturated heterocycles. The van der Waals surface area contributed by atoms with E-state index in [9.17, 15) is 4.21 Å². The average Bonchev–Trinajstić information content (AvgIpc) is 2.13. The Morgan fingerprint density at radius 2 is 2.33 bits per heavy atom. The SMILES string of the molecule is CS1(=O)=NCCCCC1(I)C#N. The highest BCUT2D eigenvalue weighted by atomic mass is 127. The second-order valence-electron chi connectivity index (χ2n) is 2.95. The van der Waals surface area contributed by atoms with Gasteiger partial charge in [0.05, 0.1) is 15.8 Å².